The van der Waals surface area contributed by atoms with Crippen LogP contribution in [0.3, 0.4) is 0 Å². The first-order chi connectivity index (χ1) is 8.41. The number of rotatable bonds is 6. The molecule has 0 saturated heterocycles. The Balaban J connectivity index is 2.45. The van der Waals surface area contributed by atoms with E-state index in [2.05, 4.69) is 0 Å². The summed E-state index contributed by atoms with van der Waals surface area (Å²) in [5.74, 6) is 0.773. The molecule has 1 N–H and O–H groups in total. The molecule has 0 saturated carbocycles. The zero-order chi connectivity index (χ0) is 13.7. The van der Waals surface area contributed by atoms with Crippen LogP contribution in [-0.2, 0) is 11.2 Å². The summed E-state index contributed by atoms with van der Waals surface area (Å²) in [7, 11) is 0. The summed E-state index contributed by atoms with van der Waals surface area (Å²) in [5, 5.41) is 9.49. The molecule has 0 aliphatic carbocycles. The number of carbonyl (C=O) groups excluding carboxylic acids is 1. The van der Waals surface area contributed by atoms with Crippen molar-refractivity contribution in [2.75, 3.05) is 0 Å². The van der Waals surface area contributed by atoms with Gasteiger partial charge >= 0.3 is 5.63 Å². The molecule has 0 radical (unpaired) electrons. The molecule has 1 aromatic rings. The average Bonchev–Trinajstić information content (AvgIpc) is 2.31. The van der Waals surface area contributed by atoms with E-state index in [-0.39, 0.29) is 23.0 Å². The summed E-state index contributed by atoms with van der Waals surface area (Å²) >= 11 is 0. The lowest BCUT2D eigenvalue weighted by Gasteiger charge is -2.06. The largest absolute Gasteiger partial charge is 0.507 e. The first-order valence-electron chi connectivity index (χ1n) is 6.25. The number of Topliss-reactive ketones (excluding diaryl/α,β-unsaturated/α-hetero) is 1. The number of ketones is 1. The van der Waals surface area contributed by atoms with Crippen LogP contribution in [0.4, 0.5) is 0 Å². The number of aryl methyl sites for hydroxylation is 1. The molecule has 1 atom stereocenters. The Labute approximate surface area is 107 Å². The Morgan fingerprint density at radius 1 is 1.44 bits per heavy atom. The predicted molar refractivity (Wildman–Crippen MR) is 68.8 cm³/mol. The van der Waals surface area contributed by atoms with E-state index >= 15 is 0 Å². The second-order valence-electron chi connectivity index (χ2n) is 4.77. The Morgan fingerprint density at radius 3 is 2.67 bits per heavy atom. The van der Waals surface area contributed by atoms with Crippen LogP contribution in [0.2, 0.25) is 0 Å². The van der Waals surface area contributed by atoms with E-state index in [1.165, 1.54) is 13.0 Å². The van der Waals surface area contributed by atoms with Crippen molar-refractivity contribution in [3.8, 4) is 5.75 Å². The molecule has 4 nitrogen and oxygen atoms in total. The number of carbonyl (C=O) groups is 1. The van der Waals surface area contributed by atoms with Gasteiger partial charge in [-0.2, -0.15) is 0 Å². The topological polar surface area (TPSA) is 67.5 Å². The number of hydrogen-bond donors (Lipinski definition) is 1. The Hall–Kier alpha value is -1.58. The molecule has 1 rings (SSSR count). The fraction of sp³-hybridized carbons (Fsp3) is 0.571. The third kappa shape index (κ3) is 4.02. The van der Waals surface area contributed by atoms with E-state index in [1.807, 2.05) is 6.92 Å². The molecular formula is C14H20O4. The Bertz CT molecular complexity index is 473. The smallest absolute Gasteiger partial charge is 0.342 e. The van der Waals surface area contributed by atoms with Gasteiger partial charge in [-0.25, -0.2) is 4.79 Å². The molecule has 0 aliphatic heterocycles. The van der Waals surface area contributed by atoms with Crippen molar-refractivity contribution in [1.29, 1.82) is 0 Å². The lowest BCUT2D eigenvalue weighted by Crippen LogP contribution is -2.07. The molecule has 0 fully saturated rings. The highest BCUT2D eigenvalue weighted by atomic mass is 16.4. The van der Waals surface area contributed by atoms with E-state index in [0.717, 1.165) is 19.3 Å². The van der Waals surface area contributed by atoms with Crippen LogP contribution in [0.15, 0.2) is 15.3 Å². The lowest BCUT2D eigenvalue weighted by molar-refractivity contribution is -0.120. The summed E-state index contributed by atoms with van der Waals surface area (Å²) in [4.78, 5) is 22.4. The number of unbranched alkanes of at least 4 members (excludes halogenated alkanes) is 1. The van der Waals surface area contributed by atoms with E-state index in [9.17, 15) is 14.7 Å². The molecular weight excluding hydrogens is 232 g/mol. The van der Waals surface area contributed by atoms with E-state index in [4.69, 9.17) is 4.42 Å². The summed E-state index contributed by atoms with van der Waals surface area (Å²) < 4.78 is 5.06. The van der Waals surface area contributed by atoms with Gasteiger partial charge in [0.25, 0.3) is 0 Å². The molecule has 18 heavy (non-hydrogen) atoms. The highest BCUT2D eigenvalue weighted by molar-refractivity contribution is 5.77. The van der Waals surface area contributed by atoms with Gasteiger partial charge in [-0.1, -0.05) is 13.3 Å². The van der Waals surface area contributed by atoms with E-state index < -0.39 is 5.63 Å². The van der Waals surface area contributed by atoms with Gasteiger partial charge in [0.15, 0.2) is 0 Å². The van der Waals surface area contributed by atoms with E-state index in [0.29, 0.717) is 12.2 Å². The van der Waals surface area contributed by atoms with Gasteiger partial charge in [0.1, 0.15) is 17.3 Å². The minimum atomic E-state index is -0.484. The fourth-order valence-electron chi connectivity index (χ4n) is 1.67. The van der Waals surface area contributed by atoms with Gasteiger partial charge in [0.2, 0.25) is 0 Å². The van der Waals surface area contributed by atoms with Crippen molar-refractivity contribution in [1.82, 2.24) is 0 Å². The molecule has 0 aliphatic rings. The first kappa shape index (κ1) is 14.5. The van der Waals surface area contributed by atoms with Gasteiger partial charge in [-0.15, -0.1) is 0 Å². The molecule has 1 unspecified atom stereocenters. The van der Waals surface area contributed by atoms with Gasteiger partial charge in [0, 0.05) is 18.4 Å². The second-order valence-corrected chi connectivity index (χ2v) is 4.77. The minimum Gasteiger partial charge on any atom is -0.507 e. The molecule has 0 bridgehead atoms. The fourth-order valence-corrected chi connectivity index (χ4v) is 1.67. The van der Waals surface area contributed by atoms with Crippen LogP contribution in [0.1, 0.15) is 44.4 Å². The summed E-state index contributed by atoms with van der Waals surface area (Å²) in [6.07, 6.45) is 3.19. The van der Waals surface area contributed by atoms with Crippen LogP contribution in [0.5, 0.6) is 5.75 Å². The van der Waals surface area contributed by atoms with Gasteiger partial charge in [-0.3, -0.25) is 4.79 Å². The maximum Gasteiger partial charge on any atom is 0.342 e. The second kappa shape index (κ2) is 6.38. The molecule has 0 aromatic carbocycles. The normalized spacial score (nSPS) is 12.4. The molecule has 1 aromatic heterocycles. The average molecular weight is 252 g/mol. The lowest BCUT2D eigenvalue weighted by atomic mass is 9.99. The van der Waals surface area contributed by atoms with Crippen LogP contribution in [-0.4, -0.2) is 10.9 Å². The molecule has 0 amide bonds. The monoisotopic (exact) mass is 252 g/mol. The quantitative estimate of drug-likeness (QED) is 0.790. The third-order valence-electron chi connectivity index (χ3n) is 3.22. The zero-order valence-corrected chi connectivity index (χ0v) is 11.2. The first-order valence-corrected chi connectivity index (χ1v) is 6.25. The zero-order valence-electron chi connectivity index (χ0n) is 11.2. The SMILES string of the molecule is CC(=O)C(C)CCCCc1cc(O)c(C)c(=O)o1. The summed E-state index contributed by atoms with van der Waals surface area (Å²) in [6.45, 7) is 5.04. The molecule has 4 heteroatoms. The van der Waals surface area contributed by atoms with Crippen molar-refractivity contribution in [3.63, 3.8) is 0 Å². The van der Waals surface area contributed by atoms with Crippen molar-refractivity contribution in [2.24, 2.45) is 5.92 Å². The van der Waals surface area contributed by atoms with Gasteiger partial charge < -0.3 is 9.52 Å². The van der Waals surface area contributed by atoms with Crippen molar-refractivity contribution in [2.45, 2.75) is 46.5 Å². The minimum absolute atomic E-state index is 0.0154. The van der Waals surface area contributed by atoms with Crippen LogP contribution in [0.25, 0.3) is 0 Å². The van der Waals surface area contributed by atoms with Crippen LogP contribution < -0.4 is 5.63 Å². The third-order valence-corrected chi connectivity index (χ3v) is 3.22. The molecule has 0 spiro atoms. The maximum absolute atomic E-state index is 11.3. The van der Waals surface area contributed by atoms with Crippen LogP contribution >= 0.6 is 0 Å². The highest BCUT2D eigenvalue weighted by Crippen LogP contribution is 2.16. The Morgan fingerprint density at radius 2 is 2.11 bits per heavy atom. The van der Waals surface area contributed by atoms with Gasteiger partial charge in [-0.05, 0) is 26.7 Å². The molecule has 1 heterocycles. The summed E-state index contributed by atoms with van der Waals surface area (Å²) in [5.41, 5.74) is -0.244. The number of aromatic hydroxyl groups is 1. The van der Waals surface area contributed by atoms with Crippen molar-refractivity contribution >= 4 is 5.78 Å². The Kier molecular flexibility index (Phi) is 5.13. The standard InChI is InChI=1S/C14H20O4/c1-9(11(3)15)6-4-5-7-12-8-13(16)10(2)14(17)18-12/h8-9,16H,4-7H2,1-3H3. The number of hydrogen-bond acceptors (Lipinski definition) is 4. The van der Waals surface area contributed by atoms with Crippen LogP contribution in [0, 0.1) is 12.8 Å². The highest BCUT2D eigenvalue weighted by Gasteiger charge is 2.09. The molecule has 100 valence electrons. The summed E-state index contributed by atoms with van der Waals surface area (Å²) in [6, 6.07) is 1.49. The van der Waals surface area contributed by atoms with Crippen molar-refractivity contribution < 1.29 is 14.3 Å². The predicted octanol–water partition coefficient (Wildman–Crippen LogP) is 2.59. The maximum atomic E-state index is 11.3. The van der Waals surface area contributed by atoms with E-state index in [1.54, 1.807) is 6.92 Å². The van der Waals surface area contributed by atoms with Gasteiger partial charge in [0.05, 0.1) is 5.56 Å². The van der Waals surface area contributed by atoms with Crippen molar-refractivity contribution in [3.05, 3.63) is 27.8 Å².